The van der Waals surface area contributed by atoms with Gasteiger partial charge in [0.15, 0.2) is 0 Å². The van der Waals surface area contributed by atoms with E-state index in [0.717, 1.165) is 32.6 Å². The van der Waals surface area contributed by atoms with Crippen LogP contribution < -0.4 is 5.32 Å². The summed E-state index contributed by atoms with van der Waals surface area (Å²) in [6, 6.07) is 4.06. The van der Waals surface area contributed by atoms with Crippen molar-refractivity contribution in [2.75, 3.05) is 19.8 Å². The molecule has 1 aliphatic heterocycles. The molecular formula is C15H21F2NO. The summed E-state index contributed by atoms with van der Waals surface area (Å²) in [7, 11) is 0. The minimum atomic E-state index is -0.463. The molecule has 1 aromatic rings. The van der Waals surface area contributed by atoms with E-state index in [2.05, 4.69) is 5.32 Å². The summed E-state index contributed by atoms with van der Waals surface area (Å²) in [5.74, 6) is -0.411. The van der Waals surface area contributed by atoms with Gasteiger partial charge in [0.2, 0.25) is 0 Å². The molecule has 0 amide bonds. The van der Waals surface area contributed by atoms with Crippen LogP contribution in [0.5, 0.6) is 0 Å². The third-order valence-electron chi connectivity index (χ3n) is 3.58. The smallest absolute Gasteiger partial charge is 0.129 e. The fourth-order valence-electron chi connectivity index (χ4n) is 2.44. The van der Waals surface area contributed by atoms with E-state index in [1.54, 1.807) is 0 Å². The molecule has 106 valence electrons. The number of rotatable bonds is 5. The number of nitrogens with one attached hydrogen (secondary N) is 1. The zero-order valence-electron chi connectivity index (χ0n) is 11.3. The lowest BCUT2D eigenvalue weighted by atomic mass is 10.0. The first-order valence-corrected chi connectivity index (χ1v) is 6.91. The Morgan fingerprint density at radius 2 is 2.11 bits per heavy atom. The number of ether oxygens (including phenoxy) is 1. The molecule has 0 radical (unpaired) electrons. The van der Waals surface area contributed by atoms with Crippen LogP contribution in [-0.2, 0) is 11.2 Å². The molecule has 0 spiro atoms. The molecule has 1 fully saturated rings. The zero-order valence-corrected chi connectivity index (χ0v) is 11.3. The number of benzene rings is 1. The van der Waals surface area contributed by atoms with Gasteiger partial charge >= 0.3 is 0 Å². The molecule has 1 saturated heterocycles. The van der Waals surface area contributed by atoms with Crippen molar-refractivity contribution >= 4 is 0 Å². The van der Waals surface area contributed by atoms with Gasteiger partial charge in [-0.1, -0.05) is 6.07 Å². The Labute approximate surface area is 113 Å². The van der Waals surface area contributed by atoms with Crippen molar-refractivity contribution in [2.24, 2.45) is 5.92 Å². The highest BCUT2D eigenvalue weighted by Crippen LogP contribution is 2.15. The van der Waals surface area contributed by atoms with E-state index >= 15 is 0 Å². The third-order valence-corrected chi connectivity index (χ3v) is 3.58. The fraction of sp³-hybridized carbons (Fsp3) is 0.600. The highest BCUT2D eigenvalue weighted by Gasteiger charge is 2.16. The monoisotopic (exact) mass is 269 g/mol. The van der Waals surface area contributed by atoms with Crippen molar-refractivity contribution in [3.8, 4) is 0 Å². The first-order valence-electron chi connectivity index (χ1n) is 6.91. The molecule has 0 bridgehead atoms. The maximum absolute atomic E-state index is 13.5. The lowest BCUT2D eigenvalue weighted by Gasteiger charge is -2.24. The van der Waals surface area contributed by atoms with E-state index in [4.69, 9.17) is 4.74 Å². The Morgan fingerprint density at radius 1 is 1.37 bits per heavy atom. The molecule has 2 atom stereocenters. The second-order valence-electron chi connectivity index (χ2n) is 5.30. The Morgan fingerprint density at radius 3 is 2.74 bits per heavy atom. The number of halogens is 2. The van der Waals surface area contributed by atoms with Gasteiger partial charge in [-0.2, -0.15) is 0 Å². The first kappa shape index (κ1) is 14.4. The second kappa shape index (κ2) is 6.96. The van der Waals surface area contributed by atoms with E-state index in [-0.39, 0.29) is 11.6 Å². The van der Waals surface area contributed by atoms with Crippen molar-refractivity contribution in [3.63, 3.8) is 0 Å². The lowest BCUT2D eigenvalue weighted by molar-refractivity contribution is 0.0540. The maximum atomic E-state index is 13.5. The minimum Gasteiger partial charge on any atom is -0.381 e. The molecule has 2 nitrogen and oxygen atoms in total. The Balaban J connectivity index is 1.82. The van der Waals surface area contributed by atoms with Gasteiger partial charge in [0.05, 0.1) is 6.61 Å². The quantitative estimate of drug-likeness (QED) is 0.887. The lowest BCUT2D eigenvalue weighted by Crippen LogP contribution is -2.36. The summed E-state index contributed by atoms with van der Waals surface area (Å²) >= 11 is 0. The van der Waals surface area contributed by atoms with Gasteiger partial charge in [-0.3, -0.25) is 0 Å². The molecule has 4 heteroatoms. The molecular weight excluding hydrogens is 248 g/mol. The molecule has 2 unspecified atom stereocenters. The van der Waals surface area contributed by atoms with Crippen LogP contribution in [0.15, 0.2) is 18.2 Å². The largest absolute Gasteiger partial charge is 0.381 e. The minimum absolute atomic E-state index is 0.0494. The summed E-state index contributed by atoms with van der Waals surface area (Å²) in [5.41, 5.74) is 0.169. The Bertz CT molecular complexity index is 385. The van der Waals surface area contributed by atoms with Crippen LogP contribution in [0.25, 0.3) is 0 Å². The highest BCUT2D eigenvalue weighted by molar-refractivity contribution is 5.20. The van der Waals surface area contributed by atoms with Gasteiger partial charge < -0.3 is 10.1 Å². The van der Waals surface area contributed by atoms with Crippen molar-refractivity contribution < 1.29 is 13.5 Å². The predicted molar refractivity (Wildman–Crippen MR) is 71.1 cm³/mol. The van der Waals surface area contributed by atoms with Crippen LogP contribution in [0.1, 0.15) is 25.3 Å². The van der Waals surface area contributed by atoms with Crippen molar-refractivity contribution in [1.82, 2.24) is 5.32 Å². The van der Waals surface area contributed by atoms with E-state index < -0.39 is 11.6 Å². The summed E-state index contributed by atoms with van der Waals surface area (Å²) in [6.07, 6.45) is 2.63. The Kier molecular flexibility index (Phi) is 5.28. The SMILES string of the molecule is CC(Cc1c(F)cccc1F)NCC1CCCOC1. The van der Waals surface area contributed by atoms with Crippen molar-refractivity contribution in [3.05, 3.63) is 35.4 Å². The standard InChI is InChI=1S/C15H21F2NO/c1-11(18-9-12-4-3-7-19-10-12)8-13-14(16)5-2-6-15(13)17/h2,5-6,11-12,18H,3-4,7-10H2,1H3. The van der Waals surface area contributed by atoms with Crippen LogP contribution in [0, 0.1) is 17.6 Å². The van der Waals surface area contributed by atoms with Crippen molar-refractivity contribution in [2.45, 2.75) is 32.2 Å². The summed E-state index contributed by atoms with van der Waals surface area (Å²) in [6.45, 7) is 4.44. The maximum Gasteiger partial charge on any atom is 0.129 e. The van der Waals surface area contributed by atoms with Gasteiger partial charge in [-0.15, -0.1) is 0 Å². The normalized spacial score (nSPS) is 21.3. The van der Waals surface area contributed by atoms with Crippen LogP contribution >= 0.6 is 0 Å². The molecule has 1 N–H and O–H groups in total. The van der Waals surface area contributed by atoms with Crippen LogP contribution in [0.4, 0.5) is 8.78 Å². The number of hydrogen-bond donors (Lipinski definition) is 1. The molecule has 1 heterocycles. The van der Waals surface area contributed by atoms with Crippen LogP contribution in [-0.4, -0.2) is 25.8 Å². The summed E-state index contributed by atoms with van der Waals surface area (Å²) in [5, 5.41) is 3.34. The van der Waals surface area contributed by atoms with Gasteiger partial charge in [0, 0.05) is 24.8 Å². The average Bonchev–Trinajstić information content (AvgIpc) is 2.42. The molecule has 0 aromatic heterocycles. The van der Waals surface area contributed by atoms with Gasteiger partial charge in [-0.25, -0.2) is 8.78 Å². The Hall–Kier alpha value is -1.00. The van der Waals surface area contributed by atoms with Gasteiger partial charge in [0.1, 0.15) is 11.6 Å². The molecule has 0 aliphatic carbocycles. The van der Waals surface area contributed by atoms with Gasteiger partial charge in [0.25, 0.3) is 0 Å². The van der Waals surface area contributed by atoms with E-state index in [1.807, 2.05) is 6.92 Å². The molecule has 0 saturated carbocycles. The fourth-order valence-corrected chi connectivity index (χ4v) is 2.44. The molecule has 1 aliphatic rings. The summed E-state index contributed by atoms with van der Waals surface area (Å²) in [4.78, 5) is 0. The third kappa shape index (κ3) is 4.25. The van der Waals surface area contributed by atoms with Crippen LogP contribution in [0.3, 0.4) is 0 Å². The van der Waals surface area contributed by atoms with E-state index in [1.165, 1.54) is 18.2 Å². The average molecular weight is 269 g/mol. The van der Waals surface area contributed by atoms with E-state index in [9.17, 15) is 8.78 Å². The molecule has 2 rings (SSSR count). The van der Waals surface area contributed by atoms with Gasteiger partial charge in [-0.05, 0) is 44.2 Å². The van der Waals surface area contributed by atoms with E-state index in [0.29, 0.717) is 12.3 Å². The van der Waals surface area contributed by atoms with Crippen molar-refractivity contribution in [1.29, 1.82) is 0 Å². The topological polar surface area (TPSA) is 21.3 Å². The van der Waals surface area contributed by atoms with Crippen LogP contribution in [0.2, 0.25) is 0 Å². The summed E-state index contributed by atoms with van der Waals surface area (Å²) < 4.78 is 32.4. The zero-order chi connectivity index (χ0) is 13.7. The predicted octanol–water partition coefficient (Wildman–Crippen LogP) is 2.91. The second-order valence-corrected chi connectivity index (χ2v) is 5.30. The number of hydrogen-bond acceptors (Lipinski definition) is 2. The highest BCUT2D eigenvalue weighted by atomic mass is 19.1. The molecule has 1 aromatic carbocycles. The molecule has 19 heavy (non-hydrogen) atoms. The first-order chi connectivity index (χ1) is 9.16.